The van der Waals surface area contributed by atoms with E-state index in [1.54, 1.807) is 11.9 Å². The highest BCUT2D eigenvalue weighted by Crippen LogP contribution is 2.25. The van der Waals surface area contributed by atoms with Crippen molar-refractivity contribution < 1.29 is 4.79 Å². The lowest BCUT2D eigenvalue weighted by Gasteiger charge is -2.22. The van der Waals surface area contributed by atoms with Crippen LogP contribution in [0.15, 0.2) is 48.5 Å². The monoisotopic (exact) mass is 296 g/mol. The van der Waals surface area contributed by atoms with E-state index >= 15 is 0 Å². The topological polar surface area (TPSA) is 46.3 Å². The smallest absolute Gasteiger partial charge is 0.258 e. The maximum atomic E-state index is 12.5. The second kappa shape index (κ2) is 6.32. The zero-order valence-corrected chi connectivity index (χ0v) is 13.8. The molecule has 0 aliphatic carbocycles. The number of anilines is 1. The Labute approximate surface area is 132 Å². The Kier molecular flexibility index (Phi) is 4.67. The predicted molar refractivity (Wildman–Crippen MR) is 92.2 cm³/mol. The first kappa shape index (κ1) is 16.2. The molecule has 0 saturated carbocycles. The summed E-state index contributed by atoms with van der Waals surface area (Å²) in [5.74, 6) is -0.0212. The minimum Gasteiger partial charge on any atom is -0.326 e. The summed E-state index contributed by atoms with van der Waals surface area (Å²) in [6.45, 7) is 7.01. The van der Waals surface area contributed by atoms with Gasteiger partial charge in [-0.2, -0.15) is 0 Å². The van der Waals surface area contributed by atoms with E-state index in [0.29, 0.717) is 12.1 Å². The zero-order chi connectivity index (χ0) is 16.3. The maximum absolute atomic E-state index is 12.5. The standard InChI is InChI=1S/C19H24N2O/c1-19(2,3)16-9-11-17(12-10-16)21(4)18(22)15-7-5-14(13-20)6-8-15/h5-12H,13,20H2,1-4H3. The number of carbonyl (C=O) groups is 1. The molecule has 3 nitrogen and oxygen atoms in total. The van der Waals surface area contributed by atoms with Gasteiger partial charge >= 0.3 is 0 Å². The molecule has 2 aromatic rings. The number of nitrogens with zero attached hydrogens (tertiary/aromatic N) is 1. The molecule has 0 saturated heterocycles. The molecule has 0 aliphatic rings. The van der Waals surface area contributed by atoms with Crippen LogP contribution in [0.4, 0.5) is 5.69 Å². The molecular weight excluding hydrogens is 272 g/mol. The second-order valence-corrected chi connectivity index (χ2v) is 6.56. The van der Waals surface area contributed by atoms with E-state index < -0.39 is 0 Å². The largest absolute Gasteiger partial charge is 0.326 e. The first-order valence-electron chi connectivity index (χ1n) is 7.50. The van der Waals surface area contributed by atoms with Crippen LogP contribution < -0.4 is 10.6 Å². The van der Waals surface area contributed by atoms with E-state index in [1.165, 1.54) is 5.56 Å². The first-order valence-corrected chi connectivity index (χ1v) is 7.50. The molecule has 0 atom stereocenters. The van der Waals surface area contributed by atoms with Gasteiger partial charge in [0, 0.05) is 24.8 Å². The number of benzene rings is 2. The van der Waals surface area contributed by atoms with Gasteiger partial charge < -0.3 is 10.6 Å². The van der Waals surface area contributed by atoms with Gasteiger partial charge in [0.1, 0.15) is 0 Å². The molecule has 116 valence electrons. The van der Waals surface area contributed by atoms with Crippen LogP contribution in [-0.2, 0) is 12.0 Å². The van der Waals surface area contributed by atoms with Crippen molar-refractivity contribution in [3.8, 4) is 0 Å². The van der Waals surface area contributed by atoms with E-state index in [2.05, 4.69) is 32.9 Å². The minimum atomic E-state index is -0.0212. The fourth-order valence-corrected chi connectivity index (χ4v) is 2.28. The van der Waals surface area contributed by atoms with Crippen LogP contribution in [0.5, 0.6) is 0 Å². The number of hydrogen-bond donors (Lipinski definition) is 1. The quantitative estimate of drug-likeness (QED) is 0.938. The summed E-state index contributed by atoms with van der Waals surface area (Å²) in [5, 5.41) is 0. The van der Waals surface area contributed by atoms with Gasteiger partial charge in [0.25, 0.3) is 5.91 Å². The highest BCUT2D eigenvalue weighted by molar-refractivity contribution is 6.05. The van der Waals surface area contributed by atoms with Crippen LogP contribution in [0.3, 0.4) is 0 Å². The molecule has 0 fully saturated rings. The van der Waals surface area contributed by atoms with Gasteiger partial charge in [-0.15, -0.1) is 0 Å². The second-order valence-electron chi connectivity index (χ2n) is 6.56. The van der Waals surface area contributed by atoms with Gasteiger partial charge in [-0.3, -0.25) is 4.79 Å². The number of nitrogens with two attached hydrogens (primary N) is 1. The Hall–Kier alpha value is -2.13. The third kappa shape index (κ3) is 3.55. The number of carbonyl (C=O) groups excluding carboxylic acids is 1. The summed E-state index contributed by atoms with van der Waals surface area (Å²) >= 11 is 0. The Morgan fingerprint density at radius 2 is 1.55 bits per heavy atom. The average molecular weight is 296 g/mol. The fraction of sp³-hybridized carbons (Fsp3) is 0.316. The fourth-order valence-electron chi connectivity index (χ4n) is 2.28. The minimum absolute atomic E-state index is 0.0212. The molecule has 0 radical (unpaired) electrons. The van der Waals surface area contributed by atoms with Gasteiger partial charge in [0.2, 0.25) is 0 Å². The highest BCUT2D eigenvalue weighted by atomic mass is 16.2. The molecule has 0 unspecified atom stereocenters. The van der Waals surface area contributed by atoms with Crippen molar-refractivity contribution in [2.24, 2.45) is 5.73 Å². The Morgan fingerprint density at radius 3 is 2.00 bits per heavy atom. The molecule has 0 spiro atoms. The third-order valence-corrected chi connectivity index (χ3v) is 3.86. The van der Waals surface area contributed by atoms with Crippen molar-refractivity contribution in [1.82, 2.24) is 0 Å². The average Bonchev–Trinajstić information content (AvgIpc) is 2.53. The Morgan fingerprint density at radius 1 is 1.00 bits per heavy atom. The Bertz CT molecular complexity index is 637. The van der Waals surface area contributed by atoms with Gasteiger partial charge in [-0.25, -0.2) is 0 Å². The van der Waals surface area contributed by atoms with Crippen molar-refractivity contribution in [2.75, 3.05) is 11.9 Å². The summed E-state index contributed by atoms with van der Waals surface area (Å²) in [6.07, 6.45) is 0. The van der Waals surface area contributed by atoms with E-state index in [1.807, 2.05) is 36.4 Å². The lowest BCUT2D eigenvalue weighted by Crippen LogP contribution is -2.26. The van der Waals surface area contributed by atoms with Crippen LogP contribution in [0.2, 0.25) is 0 Å². The van der Waals surface area contributed by atoms with E-state index in [4.69, 9.17) is 5.73 Å². The molecular formula is C19H24N2O. The molecule has 1 amide bonds. The summed E-state index contributed by atoms with van der Waals surface area (Å²) in [7, 11) is 1.80. The van der Waals surface area contributed by atoms with Crippen LogP contribution in [0, 0.1) is 0 Å². The summed E-state index contributed by atoms with van der Waals surface area (Å²) < 4.78 is 0. The Balaban J connectivity index is 2.19. The van der Waals surface area contributed by atoms with Crippen molar-refractivity contribution in [2.45, 2.75) is 32.7 Å². The third-order valence-electron chi connectivity index (χ3n) is 3.86. The van der Waals surface area contributed by atoms with E-state index in [-0.39, 0.29) is 11.3 Å². The molecule has 0 aliphatic heterocycles. The van der Waals surface area contributed by atoms with E-state index in [0.717, 1.165) is 11.3 Å². The van der Waals surface area contributed by atoms with Gasteiger partial charge in [0.15, 0.2) is 0 Å². The van der Waals surface area contributed by atoms with Crippen molar-refractivity contribution in [3.63, 3.8) is 0 Å². The molecule has 2 aromatic carbocycles. The predicted octanol–water partition coefficient (Wildman–Crippen LogP) is 3.72. The molecule has 22 heavy (non-hydrogen) atoms. The molecule has 0 aromatic heterocycles. The lowest BCUT2D eigenvalue weighted by atomic mass is 9.87. The SMILES string of the molecule is CN(C(=O)c1ccc(CN)cc1)c1ccc(C(C)(C)C)cc1. The summed E-state index contributed by atoms with van der Waals surface area (Å²) in [5.41, 5.74) is 9.52. The highest BCUT2D eigenvalue weighted by Gasteiger charge is 2.16. The first-order chi connectivity index (χ1) is 10.3. The van der Waals surface area contributed by atoms with Crippen molar-refractivity contribution >= 4 is 11.6 Å². The summed E-state index contributed by atoms with van der Waals surface area (Å²) in [6, 6.07) is 15.6. The van der Waals surface area contributed by atoms with Crippen molar-refractivity contribution in [3.05, 3.63) is 65.2 Å². The molecule has 0 heterocycles. The van der Waals surface area contributed by atoms with Crippen LogP contribution in [0.25, 0.3) is 0 Å². The van der Waals surface area contributed by atoms with Gasteiger partial charge in [0.05, 0.1) is 0 Å². The maximum Gasteiger partial charge on any atom is 0.258 e. The van der Waals surface area contributed by atoms with Crippen molar-refractivity contribution in [1.29, 1.82) is 0 Å². The molecule has 3 heteroatoms. The van der Waals surface area contributed by atoms with Gasteiger partial charge in [-0.05, 0) is 40.8 Å². The number of amides is 1. The molecule has 0 bridgehead atoms. The molecule has 2 rings (SSSR count). The summed E-state index contributed by atoms with van der Waals surface area (Å²) in [4.78, 5) is 14.2. The number of rotatable bonds is 3. The van der Waals surface area contributed by atoms with Crippen LogP contribution >= 0.6 is 0 Å². The zero-order valence-electron chi connectivity index (χ0n) is 13.8. The van der Waals surface area contributed by atoms with Crippen LogP contribution in [-0.4, -0.2) is 13.0 Å². The normalized spacial score (nSPS) is 11.3. The lowest BCUT2D eigenvalue weighted by molar-refractivity contribution is 0.0993. The van der Waals surface area contributed by atoms with Gasteiger partial charge in [-0.1, -0.05) is 45.0 Å². The van der Waals surface area contributed by atoms with Crippen LogP contribution in [0.1, 0.15) is 42.3 Å². The molecule has 2 N–H and O–H groups in total. The number of hydrogen-bond acceptors (Lipinski definition) is 2. The van der Waals surface area contributed by atoms with E-state index in [9.17, 15) is 4.79 Å².